The maximum Gasteiger partial charge on any atom is 0.261 e. The van der Waals surface area contributed by atoms with E-state index in [4.69, 9.17) is 0 Å². The van der Waals surface area contributed by atoms with E-state index in [-0.39, 0.29) is 5.91 Å². The number of hydrogen-bond donors (Lipinski definition) is 2. The Bertz CT molecular complexity index is 615. The minimum atomic E-state index is -0.635. The summed E-state index contributed by atoms with van der Waals surface area (Å²) in [5.41, 5.74) is 2.61. The fourth-order valence-corrected chi connectivity index (χ4v) is 2.59. The van der Waals surface area contributed by atoms with Crippen LogP contribution in [0.25, 0.3) is 0 Å². The molecule has 0 aliphatic carbocycles. The van der Waals surface area contributed by atoms with Crippen molar-refractivity contribution >= 4 is 22.4 Å². The van der Waals surface area contributed by atoms with Gasteiger partial charge in [-0.15, -0.1) is 11.3 Å². The Balaban J connectivity index is 2.21. The number of rotatable bonds is 3. The summed E-state index contributed by atoms with van der Waals surface area (Å²) < 4.78 is 1.67. The van der Waals surface area contributed by atoms with Gasteiger partial charge in [0.05, 0.1) is 23.1 Å². The lowest BCUT2D eigenvalue weighted by atomic mass is 10.2. The minimum absolute atomic E-state index is 0.227. The van der Waals surface area contributed by atoms with Gasteiger partial charge in [0.2, 0.25) is 0 Å². The van der Waals surface area contributed by atoms with Gasteiger partial charge in [0.15, 0.2) is 5.13 Å². The van der Waals surface area contributed by atoms with Gasteiger partial charge in [-0.1, -0.05) is 0 Å². The van der Waals surface area contributed by atoms with E-state index >= 15 is 0 Å². The maximum absolute atomic E-state index is 12.2. The van der Waals surface area contributed by atoms with Crippen LogP contribution in [0.2, 0.25) is 0 Å². The highest BCUT2D eigenvalue weighted by molar-refractivity contribution is 7.14. The van der Waals surface area contributed by atoms with Crippen LogP contribution in [0.3, 0.4) is 0 Å². The lowest BCUT2D eigenvalue weighted by Crippen LogP contribution is -2.14. The van der Waals surface area contributed by atoms with E-state index in [0.29, 0.717) is 22.1 Å². The first kappa shape index (κ1) is 13.7. The first-order valence-corrected chi connectivity index (χ1v) is 6.73. The lowest BCUT2D eigenvalue weighted by Gasteiger charge is -2.02. The fourth-order valence-electron chi connectivity index (χ4n) is 1.80. The van der Waals surface area contributed by atoms with E-state index in [9.17, 15) is 9.90 Å². The molecule has 1 atom stereocenters. The zero-order valence-corrected chi connectivity index (χ0v) is 12.1. The number of nitrogens with one attached hydrogen (secondary N) is 1. The Labute approximate surface area is 115 Å². The SMILES string of the molecule is Cc1nn(C)c(C)c1C(=O)Nc1nc(C(C)O)cs1. The Hall–Kier alpha value is -1.73. The Kier molecular flexibility index (Phi) is 3.68. The number of amides is 1. The van der Waals surface area contributed by atoms with Crippen LogP contribution in [-0.2, 0) is 7.05 Å². The van der Waals surface area contributed by atoms with Gasteiger partial charge in [0.1, 0.15) is 0 Å². The summed E-state index contributed by atoms with van der Waals surface area (Å²) in [7, 11) is 1.80. The summed E-state index contributed by atoms with van der Waals surface area (Å²) in [5.74, 6) is -0.227. The monoisotopic (exact) mass is 280 g/mol. The molecule has 0 fully saturated rings. The molecule has 0 aliphatic heterocycles. The van der Waals surface area contributed by atoms with E-state index in [1.54, 1.807) is 31.0 Å². The normalized spacial score (nSPS) is 12.5. The standard InChI is InChI=1S/C12H16N4O2S/c1-6-10(7(2)16(4)15-6)11(18)14-12-13-9(5-19-12)8(3)17/h5,8,17H,1-4H3,(H,13,14,18). The van der Waals surface area contributed by atoms with E-state index in [1.807, 2.05) is 6.92 Å². The van der Waals surface area contributed by atoms with Crippen LogP contribution in [0.4, 0.5) is 5.13 Å². The summed E-state index contributed by atoms with van der Waals surface area (Å²) in [6.07, 6.45) is -0.635. The molecule has 0 radical (unpaired) electrons. The van der Waals surface area contributed by atoms with E-state index in [2.05, 4.69) is 15.4 Å². The molecule has 2 rings (SSSR count). The predicted molar refractivity (Wildman–Crippen MR) is 73.4 cm³/mol. The third-order valence-electron chi connectivity index (χ3n) is 2.91. The van der Waals surface area contributed by atoms with Crippen molar-refractivity contribution in [3.8, 4) is 0 Å². The van der Waals surface area contributed by atoms with Crippen molar-refractivity contribution in [2.24, 2.45) is 7.05 Å². The molecule has 1 amide bonds. The van der Waals surface area contributed by atoms with Crippen LogP contribution in [0.15, 0.2) is 5.38 Å². The van der Waals surface area contributed by atoms with Gasteiger partial charge >= 0.3 is 0 Å². The van der Waals surface area contributed by atoms with Crippen molar-refractivity contribution in [3.63, 3.8) is 0 Å². The first-order chi connectivity index (χ1) is 8.90. The summed E-state index contributed by atoms with van der Waals surface area (Å²) in [6.45, 7) is 5.28. The number of carbonyl (C=O) groups is 1. The average Bonchev–Trinajstić information content (AvgIpc) is 2.85. The Morgan fingerprint density at radius 2 is 2.21 bits per heavy atom. The van der Waals surface area contributed by atoms with Gasteiger partial charge in [-0.2, -0.15) is 5.10 Å². The molecule has 0 saturated heterocycles. The number of anilines is 1. The fraction of sp³-hybridized carbons (Fsp3) is 0.417. The minimum Gasteiger partial charge on any atom is -0.387 e. The van der Waals surface area contributed by atoms with Crippen LogP contribution in [0, 0.1) is 13.8 Å². The molecule has 7 heteroatoms. The average molecular weight is 280 g/mol. The molecule has 2 heterocycles. The second kappa shape index (κ2) is 5.10. The van der Waals surface area contributed by atoms with Crippen molar-refractivity contribution < 1.29 is 9.90 Å². The smallest absolute Gasteiger partial charge is 0.261 e. The van der Waals surface area contributed by atoms with E-state index < -0.39 is 6.10 Å². The van der Waals surface area contributed by atoms with Crippen molar-refractivity contribution in [2.75, 3.05) is 5.32 Å². The maximum atomic E-state index is 12.2. The number of nitrogens with zero attached hydrogens (tertiary/aromatic N) is 3. The van der Waals surface area contributed by atoms with Gasteiger partial charge in [0, 0.05) is 18.1 Å². The summed E-state index contributed by atoms with van der Waals surface area (Å²) >= 11 is 1.29. The molecule has 0 aliphatic rings. The number of hydrogen-bond acceptors (Lipinski definition) is 5. The lowest BCUT2D eigenvalue weighted by molar-refractivity contribution is 0.102. The van der Waals surface area contributed by atoms with Gasteiger partial charge in [0.25, 0.3) is 5.91 Å². The molecule has 0 saturated carbocycles. The number of aliphatic hydroxyl groups is 1. The quantitative estimate of drug-likeness (QED) is 0.898. The molecule has 1 unspecified atom stereocenters. The highest BCUT2D eigenvalue weighted by Gasteiger charge is 2.18. The van der Waals surface area contributed by atoms with Crippen molar-refractivity contribution in [3.05, 3.63) is 28.0 Å². The van der Waals surface area contributed by atoms with E-state index in [1.165, 1.54) is 11.3 Å². The number of aromatic nitrogens is 3. The molecule has 0 aromatic carbocycles. The van der Waals surface area contributed by atoms with Gasteiger partial charge in [-0.25, -0.2) is 4.98 Å². The Morgan fingerprint density at radius 3 is 2.68 bits per heavy atom. The number of aryl methyl sites for hydroxylation is 2. The molecule has 2 aromatic heterocycles. The van der Waals surface area contributed by atoms with Gasteiger partial charge < -0.3 is 5.11 Å². The summed E-state index contributed by atoms with van der Waals surface area (Å²) in [6, 6.07) is 0. The van der Waals surface area contributed by atoms with Gasteiger partial charge in [-0.05, 0) is 20.8 Å². The molecule has 102 valence electrons. The number of aliphatic hydroxyl groups excluding tert-OH is 1. The number of carbonyl (C=O) groups excluding carboxylic acids is 1. The van der Waals surface area contributed by atoms with Crippen LogP contribution in [0.1, 0.15) is 40.5 Å². The highest BCUT2D eigenvalue weighted by Crippen LogP contribution is 2.22. The van der Waals surface area contributed by atoms with Crippen molar-refractivity contribution in [1.29, 1.82) is 0 Å². The molecule has 0 spiro atoms. The third kappa shape index (κ3) is 2.66. The van der Waals surface area contributed by atoms with Crippen LogP contribution in [0.5, 0.6) is 0 Å². The Morgan fingerprint density at radius 1 is 1.53 bits per heavy atom. The molecule has 2 aromatic rings. The molecule has 0 bridgehead atoms. The summed E-state index contributed by atoms with van der Waals surface area (Å²) in [4.78, 5) is 16.3. The third-order valence-corrected chi connectivity index (χ3v) is 3.68. The molecule has 19 heavy (non-hydrogen) atoms. The predicted octanol–water partition coefficient (Wildman–Crippen LogP) is 1.80. The van der Waals surface area contributed by atoms with Crippen molar-refractivity contribution in [2.45, 2.75) is 26.9 Å². The topological polar surface area (TPSA) is 80.0 Å². The molecular weight excluding hydrogens is 264 g/mol. The van der Waals surface area contributed by atoms with E-state index in [0.717, 1.165) is 5.69 Å². The second-order valence-corrected chi connectivity index (χ2v) is 5.24. The van der Waals surface area contributed by atoms with Crippen LogP contribution in [-0.4, -0.2) is 25.8 Å². The largest absolute Gasteiger partial charge is 0.387 e. The molecule has 6 nitrogen and oxygen atoms in total. The van der Waals surface area contributed by atoms with Crippen LogP contribution < -0.4 is 5.32 Å². The van der Waals surface area contributed by atoms with Gasteiger partial charge in [-0.3, -0.25) is 14.8 Å². The molecular formula is C12H16N4O2S. The van der Waals surface area contributed by atoms with Crippen LogP contribution >= 0.6 is 11.3 Å². The second-order valence-electron chi connectivity index (χ2n) is 4.38. The first-order valence-electron chi connectivity index (χ1n) is 5.85. The highest BCUT2D eigenvalue weighted by atomic mass is 32.1. The number of thiazole rings is 1. The summed E-state index contributed by atoms with van der Waals surface area (Å²) in [5, 5.41) is 18.5. The zero-order chi connectivity index (χ0) is 14.2. The van der Waals surface area contributed by atoms with Crippen molar-refractivity contribution in [1.82, 2.24) is 14.8 Å². The molecule has 2 N–H and O–H groups in total. The zero-order valence-electron chi connectivity index (χ0n) is 11.3.